The summed E-state index contributed by atoms with van der Waals surface area (Å²) in [5, 5.41) is 4.26. The normalized spacial score (nSPS) is 15.6. The average molecular weight is 387 g/mol. The monoisotopic (exact) mass is 386 g/mol. The van der Waals surface area contributed by atoms with Crippen LogP contribution >= 0.6 is 23.2 Å². The van der Waals surface area contributed by atoms with Crippen molar-refractivity contribution in [2.45, 2.75) is 12.8 Å². The zero-order valence-corrected chi connectivity index (χ0v) is 16.6. The number of carbonyl (C=O) groups is 1. The Bertz CT molecular complexity index is 560. The van der Waals surface area contributed by atoms with Crippen LogP contribution in [0.4, 0.5) is 4.79 Å². The van der Waals surface area contributed by atoms with E-state index in [1.54, 1.807) is 6.07 Å². The molecule has 1 aromatic carbocycles. The van der Waals surface area contributed by atoms with Crippen LogP contribution < -0.4 is 5.32 Å². The Labute approximate surface area is 160 Å². The third-order valence-electron chi connectivity index (χ3n) is 4.42. The zero-order valence-electron chi connectivity index (χ0n) is 15.1. The smallest absolute Gasteiger partial charge is 0.317 e. The molecule has 25 heavy (non-hydrogen) atoms. The molecule has 0 radical (unpaired) electrons. The Morgan fingerprint density at radius 2 is 1.92 bits per heavy atom. The predicted molar refractivity (Wildman–Crippen MR) is 105 cm³/mol. The Balaban J connectivity index is 1.65. The number of rotatable bonds is 7. The summed E-state index contributed by atoms with van der Waals surface area (Å²) < 4.78 is 0. The largest absolute Gasteiger partial charge is 0.338 e. The summed E-state index contributed by atoms with van der Waals surface area (Å²) in [6, 6.07) is 5.47. The van der Waals surface area contributed by atoms with E-state index in [0.29, 0.717) is 23.0 Å². The molecule has 0 bridgehead atoms. The molecule has 0 unspecified atom stereocenters. The van der Waals surface area contributed by atoms with E-state index in [2.05, 4.69) is 29.2 Å². The predicted octanol–water partition coefficient (Wildman–Crippen LogP) is 2.81. The van der Waals surface area contributed by atoms with E-state index in [4.69, 9.17) is 23.2 Å². The van der Waals surface area contributed by atoms with Gasteiger partial charge in [-0.15, -0.1) is 0 Å². The first-order valence-electron chi connectivity index (χ1n) is 8.79. The lowest BCUT2D eigenvalue weighted by molar-refractivity contribution is 0.136. The van der Waals surface area contributed by atoms with Crippen molar-refractivity contribution in [2.24, 2.45) is 0 Å². The van der Waals surface area contributed by atoms with Gasteiger partial charge in [0.2, 0.25) is 0 Å². The van der Waals surface area contributed by atoms with Crippen LogP contribution in [-0.2, 0) is 6.42 Å². The summed E-state index contributed by atoms with van der Waals surface area (Å²) >= 11 is 12.0. The fraction of sp³-hybridized carbons (Fsp3) is 0.611. The van der Waals surface area contributed by atoms with Crippen LogP contribution in [0.1, 0.15) is 12.0 Å². The lowest BCUT2D eigenvalue weighted by Gasteiger charge is -2.34. The van der Waals surface area contributed by atoms with E-state index >= 15 is 0 Å². The highest BCUT2D eigenvalue weighted by molar-refractivity contribution is 6.35. The first kappa shape index (κ1) is 20.3. The third kappa shape index (κ3) is 7.02. The molecule has 1 saturated heterocycles. The molecule has 0 saturated carbocycles. The van der Waals surface area contributed by atoms with Crippen molar-refractivity contribution in [1.29, 1.82) is 0 Å². The zero-order chi connectivity index (χ0) is 18.2. The van der Waals surface area contributed by atoms with E-state index in [1.165, 1.54) is 6.42 Å². The van der Waals surface area contributed by atoms with Crippen molar-refractivity contribution in [3.05, 3.63) is 33.8 Å². The molecule has 2 rings (SSSR count). The van der Waals surface area contributed by atoms with E-state index in [9.17, 15) is 4.79 Å². The quantitative estimate of drug-likeness (QED) is 0.782. The fourth-order valence-electron chi connectivity index (χ4n) is 2.93. The van der Waals surface area contributed by atoms with Crippen LogP contribution in [0.3, 0.4) is 0 Å². The lowest BCUT2D eigenvalue weighted by Crippen LogP contribution is -2.52. The van der Waals surface area contributed by atoms with Crippen LogP contribution in [0.25, 0.3) is 0 Å². The third-order valence-corrected chi connectivity index (χ3v) is 5.01. The SMILES string of the molecule is CN(C)CCCN1CCN(C(=O)NCCc2ccc(Cl)cc2Cl)CC1. The molecule has 5 nitrogen and oxygen atoms in total. The molecule has 1 aliphatic rings. The van der Waals surface area contributed by atoms with Gasteiger partial charge in [0.1, 0.15) is 0 Å². The molecule has 1 aliphatic heterocycles. The van der Waals surface area contributed by atoms with Gasteiger partial charge in [-0.1, -0.05) is 29.3 Å². The van der Waals surface area contributed by atoms with E-state index in [-0.39, 0.29) is 6.03 Å². The van der Waals surface area contributed by atoms with Gasteiger partial charge >= 0.3 is 6.03 Å². The number of piperazine rings is 1. The molecule has 1 aromatic rings. The summed E-state index contributed by atoms with van der Waals surface area (Å²) in [7, 11) is 4.19. The highest BCUT2D eigenvalue weighted by Crippen LogP contribution is 2.21. The summed E-state index contributed by atoms with van der Waals surface area (Å²) in [4.78, 5) is 18.8. The molecule has 0 spiro atoms. The molecule has 1 heterocycles. The molecule has 0 atom stereocenters. The van der Waals surface area contributed by atoms with Gasteiger partial charge < -0.3 is 15.1 Å². The molecule has 140 valence electrons. The highest BCUT2D eigenvalue weighted by Gasteiger charge is 2.20. The second-order valence-electron chi connectivity index (χ2n) is 6.70. The van der Waals surface area contributed by atoms with Gasteiger partial charge in [0.25, 0.3) is 0 Å². The second kappa shape index (κ2) is 10.2. The Kier molecular flexibility index (Phi) is 8.30. The Morgan fingerprint density at radius 1 is 1.20 bits per heavy atom. The van der Waals surface area contributed by atoms with Crippen molar-refractivity contribution >= 4 is 29.2 Å². The highest BCUT2D eigenvalue weighted by atomic mass is 35.5. The van der Waals surface area contributed by atoms with Crippen molar-refractivity contribution in [2.75, 3.05) is 59.9 Å². The summed E-state index contributed by atoms with van der Waals surface area (Å²) in [5.41, 5.74) is 0.997. The van der Waals surface area contributed by atoms with Crippen molar-refractivity contribution in [1.82, 2.24) is 20.0 Å². The Morgan fingerprint density at radius 3 is 2.56 bits per heavy atom. The van der Waals surface area contributed by atoms with Crippen LogP contribution in [0.5, 0.6) is 0 Å². The van der Waals surface area contributed by atoms with Crippen LogP contribution in [-0.4, -0.2) is 80.6 Å². The van der Waals surface area contributed by atoms with Crippen LogP contribution in [0.15, 0.2) is 18.2 Å². The topological polar surface area (TPSA) is 38.8 Å². The van der Waals surface area contributed by atoms with Gasteiger partial charge in [0.15, 0.2) is 0 Å². The van der Waals surface area contributed by atoms with Crippen molar-refractivity contribution < 1.29 is 4.79 Å². The number of benzene rings is 1. The molecule has 0 aromatic heterocycles. The summed E-state index contributed by atoms with van der Waals surface area (Å²) in [6.45, 7) is 6.25. The van der Waals surface area contributed by atoms with Gasteiger partial charge in [0.05, 0.1) is 0 Å². The molecule has 7 heteroatoms. The minimum Gasteiger partial charge on any atom is -0.338 e. The number of nitrogens with one attached hydrogen (secondary N) is 1. The molecular formula is C18H28Cl2N4O. The maximum Gasteiger partial charge on any atom is 0.317 e. The van der Waals surface area contributed by atoms with Crippen molar-refractivity contribution in [3.63, 3.8) is 0 Å². The number of urea groups is 1. The maximum atomic E-state index is 12.3. The molecule has 1 fully saturated rings. The fourth-order valence-corrected chi connectivity index (χ4v) is 3.43. The molecule has 1 N–H and O–H groups in total. The summed E-state index contributed by atoms with van der Waals surface area (Å²) in [5.74, 6) is 0. The number of halogens is 2. The first-order valence-corrected chi connectivity index (χ1v) is 9.55. The van der Waals surface area contributed by atoms with E-state index in [0.717, 1.165) is 44.8 Å². The minimum atomic E-state index is 0.0121. The lowest BCUT2D eigenvalue weighted by atomic mass is 10.1. The van der Waals surface area contributed by atoms with Crippen LogP contribution in [0.2, 0.25) is 10.0 Å². The van der Waals surface area contributed by atoms with Gasteiger partial charge in [-0.3, -0.25) is 4.90 Å². The minimum absolute atomic E-state index is 0.0121. The van der Waals surface area contributed by atoms with E-state index < -0.39 is 0 Å². The molecular weight excluding hydrogens is 359 g/mol. The number of hydrogen-bond donors (Lipinski definition) is 1. The van der Waals surface area contributed by atoms with Gasteiger partial charge in [-0.25, -0.2) is 4.79 Å². The maximum absolute atomic E-state index is 12.3. The molecule has 2 amide bonds. The van der Waals surface area contributed by atoms with Crippen molar-refractivity contribution in [3.8, 4) is 0 Å². The first-order chi connectivity index (χ1) is 12.0. The van der Waals surface area contributed by atoms with Gasteiger partial charge in [-0.05, 0) is 57.7 Å². The van der Waals surface area contributed by atoms with Crippen LogP contribution in [0, 0.1) is 0 Å². The Hall–Kier alpha value is -1.01. The second-order valence-corrected chi connectivity index (χ2v) is 7.55. The average Bonchev–Trinajstić information content (AvgIpc) is 2.57. The van der Waals surface area contributed by atoms with Gasteiger partial charge in [0, 0.05) is 42.8 Å². The number of amides is 2. The number of nitrogens with zero attached hydrogens (tertiary/aromatic N) is 3. The number of carbonyl (C=O) groups excluding carboxylic acids is 1. The number of hydrogen-bond acceptors (Lipinski definition) is 3. The standard InChI is InChI=1S/C18H28Cl2N4O/c1-22(2)8-3-9-23-10-12-24(13-11-23)18(25)21-7-6-15-4-5-16(19)14-17(15)20/h4-5,14H,3,6-13H2,1-2H3,(H,21,25). The summed E-state index contributed by atoms with van der Waals surface area (Å²) in [6.07, 6.45) is 1.87. The van der Waals surface area contributed by atoms with E-state index in [1.807, 2.05) is 17.0 Å². The van der Waals surface area contributed by atoms with Gasteiger partial charge in [-0.2, -0.15) is 0 Å². The molecule has 0 aliphatic carbocycles.